The minimum atomic E-state index is -0.120. The lowest BCUT2D eigenvalue weighted by Gasteiger charge is -2.36. The van der Waals surface area contributed by atoms with E-state index in [4.69, 9.17) is 9.47 Å². The number of rotatable bonds is 4. The number of hydrogen-bond acceptors (Lipinski definition) is 5. The highest BCUT2D eigenvalue weighted by Crippen LogP contribution is 2.19. The van der Waals surface area contributed by atoms with Crippen LogP contribution in [0.1, 0.15) is 19.7 Å². The molecule has 1 aromatic heterocycles. The number of ether oxygens (including phenoxy) is 2. The standard InChI is InChI=1S/C17H23N5O3/c1-11-10-25-12(2)9-22(11)17(23)18-8-15-19-16(21-20-15)13-4-6-14(24-3)7-5-13/h4-7,11-12H,8-10H2,1-3H3,(H,18,23)(H,19,20,21)/t11-,12-/m1/s1. The fourth-order valence-electron chi connectivity index (χ4n) is 2.69. The van der Waals surface area contributed by atoms with Crippen molar-refractivity contribution in [3.63, 3.8) is 0 Å². The number of morpholine rings is 1. The summed E-state index contributed by atoms with van der Waals surface area (Å²) in [6, 6.07) is 7.43. The van der Waals surface area contributed by atoms with Crippen molar-refractivity contribution < 1.29 is 14.3 Å². The molecular formula is C17H23N5O3. The van der Waals surface area contributed by atoms with Gasteiger partial charge in [0.05, 0.1) is 32.4 Å². The van der Waals surface area contributed by atoms with E-state index < -0.39 is 0 Å². The molecule has 8 nitrogen and oxygen atoms in total. The summed E-state index contributed by atoms with van der Waals surface area (Å²) in [5, 5.41) is 9.94. The van der Waals surface area contributed by atoms with Gasteiger partial charge < -0.3 is 19.7 Å². The van der Waals surface area contributed by atoms with Gasteiger partial charge in [0.2, 0.25) is 0 Å². The van der Waals surface area contributed by atoms with Gasteiger partial charge in [-0.05, 0) is 38.1 Å². The van der Waals surface area contributed by atoms with Crippen molar-refractivity contribution in [2.45, 2.75) is 32.5 Å². The third kappa shape index (κ3) is 4.08. The Labute approximate surface area is 146 Å². The van der Waals surface area contributed by atoms with Gasteiger partial charge in [-0.3, -0.25) is 5.10 Å². The van der Waals surface area contributed by atoms with Crippen molar-refractivity contribution in [1.82, 2.24) is 25.4 Å². The van der Waals surface area contributed by atoms with Crippen LogP contribution in [0.25, 0.3) is 11.4 Å². The summed E-state index contributed by atoms with van der Waals surface area (Å²) in [7, 11) is 1.62. The van der Waals surface area contributed by atoms with Crippen LogP contribution in [0.2, 0.25) is 0 Å². The molecule has 1 aromatic carbocycles. The number of carbonyl (C=O) groups excluding carboxylic acids is 1. The maximum atomic E-state index is 12.4. The topological polar surface area (TPSA) is 92.4 Å². The molecule has 25 heavy (non-hydrogen) atoms. The second-order valence-electron chi connectivity index (χ2n) is 6.14. The van der Waals surface area contributed by atoms with Crippen molar-refractivity contribution in [1.29, 1.82) is 0 Å². The minimum absolute atomic E-state index is 0.0499. The number of hydrogen-bond donors (Lipinski definition) is 2. The van der Waals surface area contributed by atoms with E-state index in [9.17, 15) is 4.79 Å². The van der Waals surface area contributed by atoms with Crippen LogP contribution in [0.15, 0.2) is 24.3 Å². The molecular weight excluding hydrogens is 322 g/mol. The summed E-state index contributed by atoms with van der Waals surface area (Å²) in [5.41, 5.74) is 0.880. The Morgan fingerprint density at radius 1 is 1.40 bits per heavy atom. The first-order valence-corrected chi connectivity index (χ1v) is 8.28. The zero-order chi connectivity index (χ0) is 17.8. The molecule has 3 rings (SSSR count). The number of H-pyrrole nitrogens is 1. The third-order valence-corrected chi connectivity index (χ3v) is 4.16. The maximum Gasteiger partial charge on any atom is 0.318 e. The van der Waals surface area contributed by atoms with Crippen LogP contribution in [-0.2, 0) is 11.3 Å². The lowest BCUT2D eigenvalue weighted by molar-refractivity contribution is -0.0318. The number of benzene rings is 1. The van der Waals surface area contributed by atoms with Crippen LogP contribution in [-0.4, -0.2) is 58.5 Å². The third-order valence-electron chi connectivity index (χ3n) is 4.16. The van der Waals surface area contributed by atoms with Gasteiger partial charge in [-0.2, -0.15) is 5.10 Å². The van der Waals surface area contributed by atoms with Gasteiger partial charge >= 0.3 is 6.03 Å². The van der Waals surface area contributed by atoms with Gasteiger partial charge in [-0.25, -0.2) is 9.78 Å². The molecule has 0 aliphatic carbocycles. The molecule has 134 valence electrons. The van der Waals surface area contributed by atoms with Crippen molar-refractivity contribution in [3.8, 4) is 17.1 Å². The molecule has 1 aliphatic heterocycles. The van der Waals surface area contributed by atoms with Crippen molar-refractivity contribution in [2.75, 3.05) is 20.3 Å². The quantitative estimate of drug-likeness (QED) is 0.881. The van der Waals surface area contributed by atoms with E-state index in [0.29, 0.717) is 31.3 Å². The fourth-order valence-corrected chi connectivity index (χ4v) is 2.69. The molecule has 1 aliphatic rings. The lowest BCUT2D eigenvalue weighted by Crippen LogP contribution is -2.53. The van der Waals surface area contributed by atoms with Crippen molar-refractivity contribution >= 4 is 6.03 Å². The lowest BCUT2D eigenvalue weighted by atomic mass is 10.2. The van der Waals surface area contributed by atoms with Crippen LogP contribution in [0.4, 0.5) is 4.79 Å². The number of urea groups is 1. The first-order chi connectivity index (χ1) is 12.1. The molecule has 2 amide bonds. The predicted octanol–water partition coefficient (Wildman–Crippen LogP) is 1.80. The van der Waals surface area contributed by atoms with Crippen LogP contribution >= 0.6 is 0 Å². The first-order valence-electron chi connectivity index (χ1n) is 8.28. The van der Waals surface area contributed by atoms with E-state index in [0.717, 1.165) is 11.3 Å². The molecule has 0 radical (unpaired) electrons. The summed E-state index contributed by atoms with van der Waals surface area (Å²) in [5.74, 6) is 1.97. The van der Waals surface area contributed by atoms with Crippen molar-refractivity contribution in [2.24, 2.45) is 0 Å². The Balaban J connectivity index is 1.58. The number of aromatic amines is 1. The van der Waals surface area contributed by atoms with Gasteiger partial charge in [0.1, 0.15) is 11.6 Å². The molecule has 0 spiro atoms. The highest BCUT2D eigenvalue weighted by molar-refractivity contribution is 5.74. The van der Waals surface area contributed by atoms with E-state index in [-0.39, 0.29) is 18.2 Å². The van der Waals surface area contributed by atoms with E-state index in [2.05, 4.69) is 20.5 Å². The second kappa shape index (κ2) is 7.52. The molecule has 2 atom stereocenters. The Kier molecular flexibility index (Phi) is 5.18. The average Bonchev–Trinajstić information content (AvgIpc) is 3.11. The molecule has 1 saturated heterocycles. The monoisotopic (exact) mass is 345 g/mol. The Bertz CT molecular complexity index is 715. The number of carbonyl (C=O) groups is 1. The number of aromatic nitrogens is 3. The van der Waals surface area contributed by atoms with E-state index in [1.807, 2.05) is 38.1 Å². The average molecular weight is 345 g/mol. The number of methoxy groups -OCH3 is 1. The summed E-state index contributed by atoms with van der Waals surface area (Å²) in [6.45, 7) is 5.37. The SMILES string of the molecule is COc1ccc(-c2n[nH]c(CNC(=O)N3C[C@@H](C)OC[C@H]3C)n2)cc1. The highest BCUT2D eigenvalue weighted by Gasteiger charge is 2.27. The Morgan fingerprint density at radius 2 is 2.16 bits per heavy atom. The van der Waals surface area contributed by atoms with E-state index >= 15 is 0 Å². The maximum absolute atomic E-state index is 12.4. The Morgan fingerprint density at radius 3 is 2.88 bits per heavy atom. The van der Waals surface area contributed by atoms with Crippen LogP contribution in [0.3, 0.4) is 0 Å². The van der Waals surface area contributed by atoms with Crippen LogP contribution in [0, 0.1) is 0 Å². The van der Waals surface area contributed by atoms with Crippen molar-refractivity contribution in [3.05, 3.63) is 30.1 Å². The zero-order valence-electron chi connectivity index (χ0n) is 14.7. The molecule has 2 N–H and O–H groups in total. The molecule has 2 heterocycles. The smallest absolute Gasteiger partial charge is 0.318 e. The van der Waals surface area contributed by atoms with Gasteiger partial charge in [0.25, 0.3) is 0 Å². The first kappa shape index (κ1) is 17.2. The molecule has 0 bridgehead atoms. The number of nitrogens with one attached hydrogen (secondary N) is 2. The molecule has 0 saturated carbocycles. The molecule has 2 aromatic rings. The van der Waals surface area contributed by atoms with Crippen LogP contribution < -0.4 is 10.1 Å². The van der Waals surface area contributed by atoms with Gasteiger partial charge in [-0.1, -0.05) is 0 Å². The van der Waals surface area contributed by atoms with E-state index in [1.165, 1.54) is 0 Å². The van der Waals surface area contributed by atoms with Gasteiger partial charge in [-0.15, -0.1) is 0 Å². The van der Waals surface area contributed by atoms with Gasteiger partial charge in [0.15, 0.2) is 5.82 Å². The molecule has 0 unspecified atom stereocenters. The molecule has 1 fully saturated rings. The molecule has 8 heteroatoms. The largest absolute Gasteiger partial charge is 0.497 e. The summed E-state index contributed by atoms with van der Waals surface area (Å²) < 4.78 is 10.7. The zero-order valence-corrected chi connectivity index (χ0v) is 14.7. The summed E-state index contributed by atoms with van der Waals surface area (Å²) >= 11 is 0. The van der Waals surface area contributed by atoms with Crippen LogP contribution in [0.5, 0.6) is 5.75 Å². The number of amides is 2. The summed E-state index contributed by atoms with van der Waals surface area (Å²) in [4.78, 5) is 18.6. The second-order valence-corrected chi connectivity index (χ2v) is 6.14. The minimum Gasteiger partial charge on any atom is -0.497 e. The normalized spacial score (nSPS) is 20.4. The fraction of sp³-hybridized carbons (Fsp3) is 0.471. The van der Waals surface area contributed by atoms with E-state index in [1.54, 1.807) is 12.0 Å². The Hall–Kier alpha value is -2.61. The number of nitrogens with zero attached hydrogens (tertiary/aromatic N) is 3. The predicted molar refractivity (Wildman–Crippen MR) is 92.2 cm³/mol. The van der Waals surface area contributed by atoms with Gasteiger partial charge in [0, 0.05) is 12.1 Å². The summed E-state index contributed by atoms with van der Waals surface area (Å²) in [6.07, 6.45) is 0.0499. The highest BCUT2D eigenvalue weighted by atomic mass is 16.5.